The van der Waals surface area contributed by atoms with Crippen LogP contribution >= 0.6 is 0 Å². The van der Waals surface area contributed by atoms with E-state index in [2.05, 4.69) is 0 Å². The van der Waals surface area contributed by atoms with Crippen LogP contribution in [0.1, 0.15) is 0 Å². The fourth-order valence-electron chi connectivity index (χ4n) is 0.818. The number of anilines is 1. The Hall–Kier alpha value is -1.42. The maximum Gasteiger partial charge on any atom is 0.145 e. The first-order valence-electron chi connectivity index (χ1n) is 3.70. The van der Waals surface area contributed by atoms with Crippen molar-refractivity contribution >= 4 is 5.69 Å². The summed E-state index contributed by atoms with van der Waals surface area (Å²) < 4.78 is 9.96. The van der Waals surface area contributed by atoms with Crippen LogP contribution in [0.5, 0.6) is 11.5 Å². The monoisotopic (exact) mass is 185 g/mol. The minimum Gasteiger partial charge on any atom is -0.497 e. The molecular formula is C9H15NO3. The van der Waals surface area contributed by atoms with Gasteiger partial charge in [0.1, 0.15) is 11.5 Å². The molecule has 1 rings (SSSR count). The van der Waals surface area contributed by atoms with Crippen LogP contribution in [0.15, 0.2) is 18.2 Å². The van der Waals surface area contributed by atoms with Crippen molar-refractivity contribution in [3.05, 3.63) is 18.2 Å². The van der Waals surface area contributed by atoms with Crippen molar-refractivity contribution in [2.75, 3.05) is 27.1 Å². The Morgan fingerprint density at radius 3 is 2.23 bits per heavy atom. The number of hydrogen-bond donors (Lipinski definition) is 2. The molecule has 13 heavy (non-hydrogen) atoms. The highest BCUT2D eigenvalue weighted by molar-refractivity contribution is 5.55. The molecule has 0 aliphatic rings. The van der Waals surface area contributed by atoms with Crippen molar-refractivity contribution in [1.29, 1.82) is 0 Å². The Balaban J connectivity index is 0.000000671. The number of aliphatic hydroxyl groups excluding tert-OH is 1. The molecule has 1 aromatic carbocycles. The lowest BCUT2D eigenvalue weighted by atomic mass is 10.3. The number of nitrogen functional groups attached to an aromatic ring is 1. The Morgan fingerprint density at radius 2 is 1.77 bits per heavy atom. The number of hydrogen-bond acceptors (Lipinski definition) is 4. The Morgan fingerprint density at radius 1 is 1.15 bits per heavy atom. The minimum atomic E-state index is 0.619. The van der Waals surface area contributed by atoms with Gasteiger partial charge < -0.3 is 20.3 Å². The van der Waals surface area contributed by atoms with E-state index in [0.29, 0.717) is 11.4 Å². The largest absolute Gasteiger partial charge is 0.497 e. The second kappa shape index (κ2) is 6.14. The van der Waals surface area contributed by atoms with E-state index < -0.39 is 0 Å². The van der Waals surface area contributed by atoms with Gasteiger partial charge in [-0.1, -0.05) is 0 Å². The van der Waals surface area contributed by atoms with Crippen LogP contribution in [0.4, 0.5) is 5.69 Å². The predicted molar refractivity (Wildman–Crippen MR) is 52.1 cm³/mol. The van der Waals surface area contributed by atoms with Gasteiger partial charge in [-0.05, 0) is 12.1 Å². The minimum absolute atomic E-state index is 0.619. The molecule has 74 valence electrons. The lowest BCUT2D eigenvalue weighted by Crippen LogP contribution is -1.92. The van der Waals surface area contributed by atoms with E-state index in [9.17, 15) is 0 Å². The van der Waals surface area contributed by atoms with Crippen LogP contribution in [0.2, 0.25) is 0 Å². The quantitative estimate of drug-likeness (QED) is 0.672. The van der Waals surface area contributed by atoms with Crippen LogP contribution < -0.4 is 15.2 Å². The standard InChI is InChI=1S/C8H11NO2.CH4O/c1-10-6-3-4-7(9)8(5-6)11-2;1-2/h3-5H,9H2,1-2H3;2H,1H3. The summed E-state index contributed by atoms with van der Waals surface area (Å²) in [6, 6.07) is 5.28. The van der Waals surface area contributed by atoms with Gasteiger partial charge in [0, 0.05) is 13.2 Å². The van der Waals surface area contributed by atoms with Crippen molar-refractivity contribution in [1.82, 2.24) is 0 Å². The molecule has 0 amide bonds. The lowest BCUT2D eigenvalue weighted by Gasteiger charge is -2.05. The molecule has 0 bridgehead atoms. The van der Waals surface area contributed by atoms with Crippen LogP contribution in [0, 0.1) is 0 Å². The molecule has 0 aromatic heterocycles. The zero-order valence-electron chi connectivity index (χ0n) is 8.07. The van der Waals surface area contributed by atoms with E-state index in [1.807, 2.05) is 0 Å². The van der Waals surface area contributed by atoms with Crippen LogP contribution in [0.25, 0.3) is 0 Å². The summed E-state index contributed by atoms with van der Waals surface area (Å²) in [6.45, 7) is 0. The van der Waals surface area contributed by atoms with E-state index in [1.54, 1.807) is 32.4 Å². The SMILES string of the molecule is CO.COc1ccc(N)c(OC)c1. The summed E-state index contributed by atoms with van der Waals surface area (Å²) in [4.78, 5) is 0. The van der Waals surface area contributed by atoms with E-state index in [0.717, 1.165) is 12.9 Å². The average molecular weight is 185 g/mol. The summed E-state index contributed by atoms with van der Waals surface area (Å²) in [5.41, 5.74) is 6.19. The van der Waals surface area contributed by atoms with Gasteiger partial charge in [0.05, 0.1) is 19.9 Å². The zero-order chi connectivity index (χ0) is 10.3. The first-order chi connectivity index (χ1) is 6.27. The maximum atomic E-state index is 7.00. The van der Waals surface area contributed by atoms with Crippen LogP contribution in [-0.2, 0) is 0 Å². The third-order valence-corrected chi connectivity index (χ3v) is 1.44. The van der Waals surface area contributed by atoms with E-state index >= 15 is 0 Å². The topological polar surface area (TPSA) is 64.7 Å². The van der Waals surface area contributed by atoms with E-state index in [1.165, 1.54) is 0 Å². The van der Waals surface area contributed by atoms with E-state index in [4.69, 9.17) is 20.3 Å². The molecule has 0 radical (unpaired) electrons. The second-order valence-corrected chi connectivity index (χ2v) is 2.11. The molecule has 0 saturated heterocycles. The molecule has 0 atom stereocenters. The summed E-state index contributed by atoms with van der Waals surface area (Å²) in [7, 11) is 4.18. The first-order valence-corrected chi connectivity index (χ1v) is 3.70. The van der Waals surface area contributed by atoms with Gasteiger partial charge in [0.15, 0.2) is 0 Å². The predicted octanol–water partition coefficient (Wildman–Crippen LogP) is 0.894. The van der Waals surface area contributed by atoms with Crippen molar-refractivity contribution in [3.63, 3.8) is 0 Å². The van der Waals surface area contributed by atoms with Crippen molar-refractivity contribution in [2.45, 2.75) is 0 Å². The Kier molecular flexibility index (Phi) is 5.47. The summed E-state index contributed by atoms with van der Waals surface area (Å²) >= 11 is 0. The van der Waals surface area contributed by atoms with Gasteiger partial charge in [-0.15, -0.1) is 0 Å². The molecule has 0 heterocycles. The maximum absolute atomic E-state index is 7.00. The molecule has 0 aliphatic heterocycles. The molecular weight excluding hydrogens is 170 g/mol. The van der Waals surface area contributed by atoms with Gasteiger partial charge in [-0.3, -0.25) is 0 Å². The molecule has 0 saturated carbocycles. The normalized spacial score (nSPS) is 8.31. The van der Waals surface area contributed by atoms with Crippen molar-refractivity contribution in [3.8, 4) is 11.5 Å². The second-order valence-electron chi connectivity index (χ2n) is 2.11. The summed E-state index contributed by atoms with van der Waals surface area (Å²) in [5.74, 6) is 1.39. The van der Waals surface area contributed by atoms with Gasteiger partial charge >= 0.3 is 0 Å². The third kappa shape index (κ3) is 3.21. The molecule has 0 unspecified atom stereocenters. The Bertz CT molecular complexity index is 251. The van der Waals surface area contributed by atoms with Crippen LogP contribution in [-0.4, -0.2) is 26.4 Å². The molecule has 4 nitrogen and oxygen atoms in total. The highest BCUT2D eigenvalue weighted by atomic mass is 16.5. The molecule has 0 fully saturated rings. The zero-order valence-corrected chi connectivity index (χ0v) is 8.07. The highest BCUT2D eigenvalue weighted by Gasteiger charge is 1.99. The number of rotatable bonds is 2. The summed E-state index contributed by atoms with van der Waals surface area (Å²) in [6.07, 6.45) is 0. The third-order valence-electron chi connectivity index (χ3n) is 1.44. The molecule has 1 aromatic rings. The number of benzene rings is 1. The van der Waals surface area contributed by atoms with Gasteiger partial charge in [-0.2, -0.15) is 0 Å². The van der Waals surface area contributed by atoms with Gasteiger partial charge in [0.2, 0.25) is 0 Å². The molecule has 0 spiro atoms. The number of nitrogens with two attached hydrogens (primary N) is 1. The smallest absolute Gasteiger partial charge is 0.145 e. The van der Waals surface area contributed by atoms with E-state index in [-0.39, 0.29) is 0 Å². The number of ether oxygens (including phenoxy) is 2. The number of aliphatic hydroxyl groups is 1. The van der Waals surface area contributed by atoms with Crippen LogP contribution in [0.3, 0.4) is 0 Å². The fourth-order valence-corrected chi connectivity index (χ4v) is 0.818. The number of methoxy groups -OCH3 is 2. The first kappa shape index (κ1) is 11.6. The Labute approximate surface area is 77.9 Å². The highest BCUT2D eigenvalue weighted by Crippen LogP contribution is 2.25. The summed E-state index contributed by atoms with van der Waals surface area (Å²) in [5, 5.41) is 7.00. The fraction of sp³-hybridized carbons (Fsp3) is 0.333. The molecule has 0 aliphatic carbocycles. The average Bonchev–Trinajstić information content (AvgIpc) is 2.22. The van der Waals surface area contributed by atoms with Crippen molar-refractivity contribution in [2.24, 2.45) is 0 Å². The van der Waals surface area contributed by atoms with Gasteiger partial charge in [0.25, 0.3) is 0 Å². The molecule has 3 N–H and O–H groups in total. The van der Waals surface area contributed by atoms with Crippen molar-refractivity contribution < 1.29 is 14.6 Å². The lowest BCUT2D eigenvalue weighted by molar-refractivity contribution is 0.395. The molecule has 4 heteroatoms. The van der Waals surface area contributed by atoms with Gasteiger partial charge in [-0.25, -0.2) is 0 Å².